The zero-order chi connectivity index (χ0) is 22.6. The molecule has 1 atom stereocenters. The lowest BCUT2D eigenvalue weighted by atomic mass is 10.1. The minimum absolute atomic E-state index is 0.0313. The van der Waals surface area contributed by atoms with Gasteiger partial charge in [-0.3, -0.25) is 9.59 Å². The summed E-state index contributed by atoms with van der Waals surface area (Å²) in [6, 6.07) is 16.2. The number of carbonyl (C=O) groups excluding carboxylic acids is 2. The number of carbonyl (C=O) groups is 2. The summed E-state index contributed by atoms with van der Waals surface area (Å²) in [5, 5.41) is 2.97. The smallest absolute Gasteiger partial charge is 0.242 e. The van der Waals surface area contributed by atoms with Gasteiger partial charge in [0.25, 0.3) is 0 Å². The first-order valence-corrected chi connectivity index (χ1v) is 12.4. The third-order valence-electron chi connectivity index (χ3n) is 5.20. The number of nitrogens with zero attached hydrogens (tertiary/aromatic N) is 1. The third-order valence-corrected chi connectivity index (χ3v) is 6.18. The van der Waals surface area contributed by atoms with E-state index in [1.807, 2.05) is 32.0 Å². The maximum atomic E-state index is 13.2. The highest BCUT2D eigenvalue weighted by Crippen LogP contribution is 2.18. The van der Waals surface area contributed by atoms with Crippen LogP contribution in [0.3, 0.4) is 0 Å². The van der Waals surface area contributed by atoms with Crippen LogP contribution in [-0.4, -0.2) is 41.6 Å². The Balaban J connectivity index is 2.05. The van der Waals surface area contributed by atoms with Crippen LogP contribution in [0.25, 0.3) is 0 Å². The van der Waals surface area contributed by atoms with Gasteiger partial charge in [-0.25, -0.2) is 0 Å². The van der Waals surface area contributed by atoms with Crippen LogP contribution in [0.2, 0.25) is 0 Å². The Morgan fingerprint density at radius 1 is 1.00 bits per heavy atom. The van der Waals surface area contributed by atoms with Crippen LogP contribution < -0.4 is 5.32 Å². The monoisotopic (exact) mass is 440 g/mol. The Labute approximate surface area is 191 Å². The molecule has 1 N–H and O–H groups in total. The van der Waals surface area contributed by atoms with Crippen molar-refractivity contribution >= 4 is 23.6 Å². The maximum absolute atomic E-state index is 13.2. The summed E-state index contributed by atoms with van der Waals surface area (Å²) in [7, 11) is 0. The number of benzene rings is 2. The van der Waals surface area contributed by atoms with Crippen LogP contribution in [0.15, 0.2) is 48.5 Å². The van der Waals surface area contributed by atoms with E-state index >= 15 is 0 Å². The van der Waals surface area contributed by atoms with Gasteiger partial charge in [0.15, 0.2) is 0 Å². The molecule has 5 heteroatoms. The van der Waals surface area contributed by atoms with Crippen LogP contribution >= 0.6 is 11.8 Å². The molecule has 2 amide bonds. The van der Waals surface area contributed by atoms with Crippen molar-refractivity contribution in [1.29, 1.82) is 0 Å². The SMILES string of the molecule is CCCNC(=O)[C@@H](CC)N(CCc1ccccc1)C(=O)CSCc1cc(C)cc(C)c1. The van der Waals surface area contributed by atoms with Gasteiger partial charge in [0.1, 0.15) is 6.04 Å². The molecular weight excluding hydrogens is 404 g/mol. The van der Waals surface area contributed by atoms with Crippen molar-refractivity contribution < 1.29 is 9.59 Å². The van der Waals surface area contributed by atoms with Crippen molar-refractivity contribution in [2.75, 3.05) is 18.8 Å². The quantitative estimate of drug-likeness (QED) is 0.510. The topological polar surface area (TPSA) is 49.4 Å². The second kappa shape index (κ2) is 13.2. The van der Waals surface area contributed by atoms with E-state index in [1.165, 1.54) is 22.3 Å². The molecule has 168 valence electrons. The van der Waals surface area contributed by atoms with E-state index < -0.39 is 6.04 Å². The molecule has 0 unspecified atom stereocenters. The fraction of sp³-hybridized carbons (Fsp3) is 0.462. The summed E-state index contributed by atoms with van der Waals surface area (Å²) in [5.41, 5.74) is 4.89. The number of rotatable bonds is 12. The zero-order valence-corrected chi connectivity index (χ0v) is 20.1. The molecule has 31 heavy (non-hydrogen) atoms. The minimum Gasteiger partial charge on any atom is -0.354 e. The number of aryl methyl sites for hydroxylation is 2. The standard InChI is InChI=1S/C26H36N2O2S/c1-5-13-27-26(30)24(6-2)28(14-12-22-10-8-7-9-11-22)25(29)19-31-18-23-16-20(3)15-21(4)17-23/h7-11,15-17,24H,5-6,12-14,18-19H2,1-4H3,(H,27,30)/t24-/m1/s1. The van der Waals surface area contributed by atoms with Gasteiger partial charge in [0.2, 0.25) is 11.8 Å². The predicted molar refractivity (Wildman–Crippen MR) is 131 cm³/mol. The van der Waals surface area contributed by atoms with Crippen molar-refractivity contribution in [3.8, 4) is 0 Å². The molecule has 2 aromatic rings. The Hall–Kier alpha value is -2.27. The molecule has 0 aromatic heterocycles. The van der Waals surface area contributed by atoms with Crippen LogP contribution in [0.5, 0.6) is 0 Å². The molecule has 0 saturated heterocycles. The third kappa shape index (κ3) is 8.41. The van der Waals surface area contributed by atoms with Crippen LogP contribution in [0.4, 0.5) is 0 Å². The van der Waals surface area contributed by atoms with Gasteiger partial charge >= 0.3 is 0 Å². The molecule has 0 radical (unpaired) electrons. The summed E-state index contributed by atoms with van der Waals surface area (Å²) in [5.74, 6) is 1.15. The van der Waals surface area contributed by atoms with E-state index in [1.54, 1.807) is 16.7 Å². The van der Waals surface area contributed by atoms with Gasteiger partial charge in [-0.15, -0.1) is 11.8 Å². The van der Waals surface area contributed by atoms with Crippen molar-refractivity contribution in [3.05, 3.63) is 70.8 Å². The van der Waals surface area contributed by atoms with E-state index in [4.69, 9.17) is 0 Å². The first-order chi connectivity index (χ1) is 14.9. The number of hydrogen-bond donors (Lipinski definition) is 1. The van der Waals surface area contributed by atoms with E-state index in [2.05, 4.69) is 49.5 Å². The van der Waals surface area contributed by atoms with E-state index in [0.717, 1.165) is 18.6 Å². The predicted octanol–water partition coefficient (Wildman–Crippen LogP) is 4.91. The normalized spacial score (nSPS) is 11.7. The second-order valence-electron chi connectivity index (χ2n) is 8.03. The molecule has 0 fully saturated rings. The number of hydrogen-bond acceptors (Lipinski definition) is 3. The zero-order valence-electron chi connectivity index (χ0n) is 19.3. The molecule has 0 saturated carbocycles. The van der Waals surface area contributed by atoms with E-state index in [-0.39, 0.29) is 11.8 Å². The van der Waals surface area contributed by atoms with Gasteiger partial charge < -0.3 is 10.2 Å². The van der Waals surface area contributed by atoms with Crippen LogP contribution in [0.1, 0.15) is 48.9 Å². The van der Waals surface area contributed by atoms with Crippen LogP contribution in [-0.2, 0) is 21.8 Å². The summed E-state index contributed by atoms with van der Waals surface area (Å²) < 4.78 is 0. The van der Waals surface area contributed by atoms with Crippen molar-refractivity contribution in [2.45, 2.75) is 58.8 Å². The minimum atomic E-state index is -0.426. The molecule has 0 bridgehead atoms. The number of nitrogens with one attached hydrogen (secondary N) is 1. The van der Waals surface area contributed by atoms with Gasteiger partial charge in [-0.05, 0) is 44.2 Å². The summed E-state index contributed by atoms with van der Waals surface area (Å²) >= 11 is 1.62. The molecule has 4 nitrogen and oxygen atoms in total. The molecule has 2 rings (SSSR count). The molecular formula is C26H36N2O2S. The average molecular weight is 441 g/mol. The Kier molecular flexibility index (Phi) is 10.6. The largest absolute Gasteiger partial charge is 0.354 e. The second-order valence-corrected chi connectivity index (χ2v) is 9.01. The van der Waals surface area contributed by atoms with Crippen LogP contribution in [0, 0.1) is 13.8 Å². The highest BCUT2D eigenvalue weighted by Gasteiger charge is 2.27. The Bertz CT molecular complexity index is 818. The van der Waals surface area contributed by atoms with Gasteiger partial charge in [0, 0.05) is 18.8 Å². The van der Waals surface area contributed by atoms with Crippen molar-refractivity contribution in [2.24, 2.45) is 0 Å². The molecule has 0 aliphatic heterocycles. The summed E-state index contributed by atoms with van der Waals surface area (Å²) in [6.45, 7) is 9.38. The fourth-order valence-electron chi connectivity index (χ4n) is 3.75. The lowest BCUT2D eigenvalue weighted by Gasteiger charge is -2.30. The Morgan fingerprint density at radius 3 is 2.29 bits per heavy atom. The van der Waals surface area contributed by atoms with Crippen molar-refractivity contribution in [3.63, 3.8) is 0 Å². The highest BCUT2D eigenvalue weighted by atomic mass is 32.2. The highest BCUT2D eigenvalue weighted by molar-refractivity contribution is 7.99. The molecule has 0 aliphatic rings. The van der Waals surface area contributed by atoms with Gasteiger partial charge in [-0.1, -0.05) is 73.5 Å². The maximum Gasteiger partial charge on any atom is 0.242 e. The first kappa shape index (κ1) is 25.0. The lowest BCUT2D eigenvalue weighted by Crippen LogP contribution is -2.50. The Morgan fingerprint density at radius 2 is 1.68 bits per heavy atom. The average Bonchev–Trinajstić information content (AvgIpc) is 2.75. The van der Waals surface area contributed by atoms with Gasteiger partial charge in [0.05, 0.1) is 5.75 Å². The first-order valence-electron chi connectivity index (χ1n) is 11.2. The number of amides is 2. The fourth-order valence-corrected chi connectivity index (χ4v) is 4.60. The van der Waals surface area contributed by atoms with E-state index in [9.17, 15) is 9.59 Å². The summed E-state index contributed by atoms with van der Waals surface area (Å²) in [6.07, 6.45) is 2.23. The molecule has 0 spiro atoms. The van der Waals surface area contributed by atoms with Crippen molar-refractivity contribution in [1.82, 2.24) is 10.2 Å². The molecule has 2 aromatic carbocycles. The van der Waals surface area contributed by atoms with E-state index in [0.29, 0.717) is 25.3 Å². The summed E-state index contributed by atoms with van der Waals surface area (Å²) in [4.78, 5) is 27.7. The molecule has 0 heterocycles. The van der Waals surface area contributed by atoms with Gasteiger partial charge in [-0.2, -0.15) is 0 Å². The molecule has 0 aliphatic carbocycles. The lowest BCUT2D eigenvalue weighted by molar-refractivity contribution is -0.138. The number of thioether (sulfide) groups is 1.